The minimum Gasteiger partial charge on any atom is -0.355 e. The molecule has 0 saturated heterocycles. The topological polar surface area (TPSA) is 38.0 Å². The smallest absolute Gasteiger partial charge is 0.0464 e. The fraction of sp³-hybridized carbons (Fsp3) is 0.125. The molecule has 0 saturated carbocycles. The average molecular weight is 443 g/mol. The Hall–Kier alpha value is -3.88. The molecular weight excluding hydrogens is 412 g/mol. The van der Waals surface area contributed by atoms with Gasteiger partial charge in [-0.1, -0.05) is 97.9 Å². The Labute approximate surface area is 202 Å². The van der Waals surface area contributed by atoms with E-state index in [-0.39, 0.29) is 0 Å². The van der Waals surface area contributed by atoms with Crippen LogP contribution in [0.4, 0.5) is 11.4 Å². The summed E-state index contributed by atoms with van der Waals surface area (Å²) >= 11 is 0. The van der Waals surface area contributed by atoms with E-state index in [0.29, 0.717) is 12.5 Å². The third kappa shape index (κ3) is 4.88. The maximum Gasteiger partial charge on any atom is 0.0464 e. The maximum atomic E-state index is 5.86. The third-order valence-electron chi connectivity index (χ3n) is 6.36. The first kappa shape index (κ1) is 21.9. The van der Waals surface area contributed by atoms with Gasteiger partial charge in [-0.05, 0) is 70.0 Å². The van der Waals surface area contributed by atoms with E-state index >= 15 is 0 Å². The summed E-state index contributed by atoms with van der Waals surface area (Å²) in [6.45, 7) is 2.83. The number of anilines is 2. The van der Waals surface area contributed by atoms with Gasteiger partial charge in [-0.3, -0.25) is 0 Å². The lowest BCUT2D eigenvalue weighted by Gasteiger charge is -2.21. The van der Waals surface area contributed by atoms with E-state index < -0.39 is 0 Å². The summed E-state index contributed by atoms with van der Waals surface area (Å²) < 4.78 is 0. The zero-order valence-electron chi connectivity index (χ0n) is 19.5. The molecule has 0 bridgehead atoms. The lowest BCUT2D eigenvalue weighted by Crippen LogP contribution is -2.02. The zero-order chi connectivity index (χ0) is 23.3. The van der Waals surface area contributed by atoms with Gasteiger partial charge in [-0.2, -0.15) is 0 Å². The molecule has 1 aliphatic rings. The van der Waals surface area contributed by atoms with E-state index in [1.54, 1.807) is 0 Å². The molecule has 0 unspecified atom stereocenters. The van der Waals surface area contributed by atoms with Crippen LogP contribution >= 0.6 is 0 Å². The van der Waals surface area contributed by atoms with Crippen LogP contribution in [-0.2, 0) is 6.54 Å². The second kappa shape index (κ2) is 9.94. The molecule has 0 aliphatic heterocycles. The van der Waals surface area contributed by atoms with Crippen molar-refractivity contribution in [2.45, 2.75) is 19.9 Å². The highest BCUT2D eigenvalue weighted by Crippen LogP contribution is 2.38. The van der Waals surface area contributed by atoms with Gasteiger partial charge < -0.3 is 11.1 Å². The van der Waals surface area contributed by atoms with Crippen LogP contribution in [0.5, 0.6) is 0 Å². The van der Waals surface area contributed by atoms with Crippen molar-refractivity contribution in [3.63, 3.8) is 0 Å². The molecule has 2 nitrogen and oxygen atoms in total. The summed E-state index contributed by atoms with van der Waals surface area (Å²) in [7, 11) is 0. The molecular formula is C32H30N2. The van der Waals surface area contributed by atoms with Crippen LogP contribution in [0, 0.1) is 5.92 Å². The van der Waals surface area contributed by atoms with E-state index in [2.05, 4.69) is 121 Å². The minimum absolute atomic E-state index is 0.493. The first-order chi connectivity index (χ1) is 16.7. The van der Waals surface area contributed by atoms with Crippen molar-refractivity contribution in [3.05, 3.63) is 132 Å². The van der Waals surface area contributed by atoms with Crippen molar-refractivity contribution in [2.24, 2.45) is 11.7 Å². The lowest BCUT2D eigenvalue weighted by molar-refractivity contribution is 0.752. The Bertz CT molecular complexity index is 1330. The quantitative estimate of drug-likeness (QED) is 0.317. The van der Waals surface area contributed by atoms with E-state index in [1.165, 1.54) is 33.4 Å². The molecule has 5 rings (SSSR count). The third-order valence-corrected chi connectivity index (χ3v) is 6.36. The van der Waals surface area contributed by atoms with Gasteiger partial charge in [0, 0.05) is 23.5 Å². The molecule has 0 amide bonds. The van der Waals surface area contributed by atoms with E-state index in [0.717, 1.165) is 23.4 Å². The second-order valence-corrected chi connectivity index (χ2v) is 8.99. The second-order valence-electron chi connectivity index (χ2n) is 8.99. The Morgan fingerprint density at radius 3 is 2.24 bits per heavy atom. The molecule has 3 N–H and O–H groups in total. The standard InChI is InChI=1S/C32H30N2/c1-23-17-28(25-10-4-2-5-11-25)20-29(18-23)27-15-16-32(31(21-27)26-12-6-3-7-13-26)34-30-14-8-9-24(19-30)22-33/h2-16,18-21,23,34H,17,22,33H2,1H3/t23-/m0/s1. The number of nitrogens with two attached hydrogens (primary N) is 1. The van der Waals surface area contributed by atoms with Crippen LogP contribution < -0.4 is 11.1 Å². The van der Waals surface area contributed by atoms with Crippen LogP contribution in [-0.4, -0.2) is 0 Å². The predicted molar refractivity (Wildman–Crippen MR) is 146 cm³/mol. The number of nitrogens with one attached hydrogen (secondary N) is 1. The van der Waals surface area contributed by atoms with Crippen molar-refractivity contribution < 1.29 is 0 Å². The summed E-state index contributed by atoms with van der Waals surface area (Å²) in [5, 5.41) is 3.63. The summed E-state index contributed by atoms with van der Waals surface area (Å²) in [4.78, 5) is 0. The summed E-state index contributed by atoms with van der Waals surface area (Å²) in [5.74, 6) is 0.493. The number of hydrogen-bond donors (Lipinski definition) is 2. The highest BCUT2D eigenvalue weighted by Gasteiger charge is 2.16. The molecule has 1 atom stereocenters. The van der Waals surface area contributed by atoms with Gasteiger partial charge in [-0.15, -0.1) is 0 Å². The molecule has 1 aliphatic carbocycles. The van der Waals surface area contributed by atoms with Gasteiger partial charge in [0.25, 0.3) is 0 Å². The monoisotopic (exact) mass is 442 g/mol. The molecule has 0 fully saturated rings. The van der Waals surface area contributed by atoms with Gasteiger partial charge in [0.1, 0.15) is 0 Å². The SMILES string of the molecule is C[C@@H]1C=C(c2ccc(Nc3cccc(CN)c3)c(-c3ccccc3)c2)C=C(c2ccccc2)C1. The molecule has 0 radical (unpaired) electrons. The summed E-state index contributed by atoms with van der Waals surface area (Å²) in [6.07, 6.45) is 5.82. The van der Waals surface area contributed by atoms with Crippen LogP contribution in [0.2, 0.25) is 0 Å². The summed E-state index contributed by atoms with van der Waals surface area (Å²) in [5.41, 5.74) is 16.7. The molecule has 168 valence electrons. The highest BCUT2D eigenvalue weighted by atomic mass is 14.9. The minimum atomic E-state index is 0.493. The molecule has 0 spiro atoms. The van der Waals surface area contributed by atoms with Gasteiger partial charge in [-0.25, -0.2) is 0 Å². The van der Waals surface area contributed by atoms with Crippen molar-refractivity contribution in [2.75, 3.05) is 5.32 Å². The van der Waals surface area contributed by atoms with Crippen molar-refractivity contribution in [3.8, 4) is 11.1 Å². The Kier molecular flexibility index (Phi) is 6.42. The first-order valence-electron chi connectivity index (χ1n) is 11.9. The van der Waals surface area contributed by atoms with Crippen LogP contribution in [0.1, 0.15) is 30.0 Å². The molecule has 2 heteroatoms. The normalized spacial score (nSPS) is 15.4. The van der Waals surface area contributed by atoms with Crippen LogP contribution in [0.3, 0.4) is 0 Å². The first-order valence-corrected chi connectivity index (χ1v) is 11.9. The molecule has 4 aromatic carbocycles. The molecule has 4 aromatic rings. The van der Waals surface area contributed by atoms with E-state index in [4.69, 9.17) is 5.73 Å². The number of hydrogen-bond acceptors (Lipinski definition) is 2. The van der Waals surface area contributed by atoms with E-state index in [9.17, 15) is 0 Å². The van der Waals surface area contributed by atoms with Crippen LogP contribution in [0.25, 0.3) is 22.3 Å². The molecule has 34 heavy (non-hydrogen) atoms. The highest BCUT2D eigenvalue weighted by molar-refractivity contribution is 5.90. The Morgan fingerprint density at radius 2 is 1.50 bits per heavy atom. The maximum absolute atomic E-state index is 5.86. The van der Waals surface area contributed by atoms with Gasteiger partial charge in [0.2, 0.25) is 0 Å². The Morgan fingerprint density at radius 1 is 0.765 bits per heavy atom. The fourth-order valence-corrected chi connectivity index (χ4v) is 4.66. The fourth-order valence-electron chi connectivity index (χ4n) is 4.66. The van der Waals surface area contributed by atoms with Crippen LogP contribution in [0.15, 0.2) is 115 Å². The number of rotatable bonds is 6. The lowest BCUT2D eigenvalue weighted by atomic mass is 9.85. The van der Waals surface area contributed by atoms with Crippen molar-refractivity contribution in [1.29, 1.82) is 0 Å². The number of benzene rings is 4. The van der Waals surface area contributed by atoms with E-state index in [1.807, 2.05) is 6.07 Å². The van der Waals surface area contributed by atoms with Crippen molar-refractivity contribution in [1.82, 2.24) is 0 Å². The predicted octanol–water partition coefficient (Wildman–Crippen LogP) is 8.06. The summed E-state index contributed by atoms with van der Waals surface area (Å²) in [6, 6.07) is 36.4. The van der Waals surface area contributed by atoms with Gasteiger partial charge in [0.05, 0.1) is 0 Å². The van der Waals surface area contributed by atoms with Crippen molar-refractivity contribution >= 4 is 22.5 Å². The zero-order valence-corrected chi connectivity index (χ0v) is 19.5. The molecule has 0 heterocycles. The number of allylic oxidation sites excluding steroid dienone is 4. The average Bonchev–Trinajstić information content (AvgIpc) is 2.89. The van der Waals surface area contributed by atoms with Gasteiger partial charge in [0.15, 0.2) is 0 Å². The Balaban J connectivity index is 1.56. The molecule has 0 aromatic heterocycles. The largest absolute Gasteiger partial charge is 0.355 e. The van der Waals surface area contributed by atoms with Gasteiger partial charge >= 0.3 is 0 Å².